The summed E-state index contributed by atoms with van der Waals surface area (Å²) in [6.45, 7) is 1.86. The van der Waals surface area contributed by atoms with Crippen molar-refractivity contribution in [2.75, 3.05) is 5.32 Å². The maximum atomic E-state index is 12.7. The Morgan fingerprint density at radius 2 is 1.50 bits per heavy atom. The van der Waals surface area contributed by atoms with Crippen LogP contribution in [0.5, 0.6) is 0 Å². The third kappa shape index (κ3) is 3.11. The average molecular weight is 410 g/mol. The number of ketones is 1. The molecule has 1 atom stereocenters. The normalized spacial score (nSPS) is 17.9. The molecule has 4 rings (SSSR count). The minimum absolute atomic E-state index is 0.0304. The van der Waals surface area contributed by atoms with Gasteiger partial charge in [-0.25, -0.2) is 0 Å². The zero-order valence-corrected chi connectivity index (χ0v) is 16.6. The van der Waals surface area contributed by atoms with E-state index in [9.17, 15) is 9.59 Å². The molecular formula is C23H17Cl2NO2. The van der Waals surface area contributed by atoms with E-state index in [0.29, 0.717) is 33.3 Å². The highest BCUT2D eigenvalue weighted by molar-refractivity contribution is 6.38. The second kappa shape index (κ2) is 7.08. The third-order valence-electron chi connectivity index (χ3n) is 5.20. The summed E-state index contributed by atoms with van der Waals surface area (Å²) in [5.41, 5.74) is 2.66. The highest BCUT2D eigenvalue weighted by Crippen LogP contribution is 2.47. The minimum Gasteiger partial charge on any atom is -0.324 e. The smallest absolute Gasteiger partial charge is 0.235 e. The SMILES string of the molecule is CC1(Cc2ccc(C(=O)c3ccccc3)cc2)C(=O)Nc2c(Cl)ccc(Cl)c21. The number of benzene rings is 3. The Balaban J connectivity index is 1.63. The number of anilines is 1. The summed E-state index contributed by atoms with van der Waals surface area (Å²) < 4.78 is 0. The van der Waals surface area contributed by atoms with Gasteiger partial charge in [-0.05, 0) is 31.0 Å². The van der Waals surface area contributed by atoms with Crippen LogP contribution in [-0.2, 0) is 16.6 Å². The first kappa shape index (κ1) is 18.7. The van der Waals surface area contributed by atoms with Crippen LogP contribution < -0.4 is 5.32 Å². The Kier molecular flexibility index (Phi) is 4.74. The van der Waals surface area contributed by atoms with Gasteiger partial charge in [0.1, 0.15) is 0 Å². The molecule has 1 N–H and O–H groups in total. The molecule has 1 amide bonds. The van der Waals surface area contributed by atoms with Gasteiger partial charge in [0.05, 0.1) is 16.1 Å². The van der Waals surface area contributed by atoms with E-state index in [-0.39, 0.29) is 11.7 Å². The lowest BCUT2D eigenvalue weighted by molar-refractivity contribution is -0.120. The van der Waals surface area contributed by atoms with E-state index in [1.54, 1.807) is 36.4 Å². The molecule has 0 aliphatic carbocycles. The van der Waals surface area contributed by atoms with Gasteiger partial charge < -0.3 is 5.32 Å². The van der Waals surface area contributed by atoms with Crippen LogP contribution in [0.2, 0.25) is 10.0 Å². The van der Waals surface area contributed by atoms with Gasteiger partial charge in [0, 0.05) is 21.7 Å². The molecule has 0 saturated heterocycles. The van der Waals surface area contributed by atoms with Gasteiger partial charge in [0.25, 0.3) is 0 Å². The van der Waals surface area contributed by atoms with Gasteiger partial charge in [0.2, 0.25) is 5.91 Å². The molecule has 5 heteroatoms. The molecule has 1 aliphatic rings. The molecule has 1 heterocycles. The van der Waals surface area contributed by atoms with Crippen molar-refractivity contribution >= 4 is 40.6 Å². The largest absolute Gasteiger partial charge is 0.324 e. The van der Waals surface area contributed by atoms with Crippen molar-refractivity contribution in [3.63, 3.8) is 0 Å². The lowest BCUT2D eigenvalue weighted by Crippen LogP contribution is -2.33. The first-order valence-electron chi connectivity index (χ1n) is 8.89. The van der Waals surface area contributed by atoms with E-state index in [4.69, 9.17) is 23.2 Å². The number of rotatable bonds is 4. The maximum absolute atomic E-state index is 12.7. The van der Waals surface area contributed by atoms with E-state index in [2.05, 4.69) is 5.32 Å². The average Bonchev–Trinajstić information content (AvgIpc) is 2.97. The number of fused-ring (bicyclic) bond motifs is 1. The Labute approximate surface area is 173 Å². The lowest BCUT2D eigenvalue weighted by Gasteiger charge is -2.23. The van der Waals surface area contributed by atoms with Crippen LogP contribution in [0.15, 0.2) is 66.7 Å². The quantitative estimate of drug-likeness (QED) is 0.563. The fourth-order valence-corrected chi connectivity index (χ4v) is 4.26. The highest BCUT2D eigenvalue weighted by Gasteiger charge is 2.45. The number of hydrogen-bond donors (Lipinski definition) is 1. The van der Waals surface area contributed by atoms with Gasteiger partial charge in [-0.2, -0.15) is 0 Å². The summed E-state index contributed by atoms with van der Waals surface area (Å²) in [6.07, 6.45) is 0.450. The molecule has 3 nitrogen and oxygen atoms in total. The van der Waals surface area contributed by atoms with Crippen molar-refractivity contribution in [1.29, 1.82) is 0 Å². The molecule has 0 bridgehead atoms. The number of halogens is 2. The second-order valence-electron chi connectivity index (χ2n) is 7.13. The van der Waals surface area contributed by atoms with Crippen molar-refractivity contribution < 1.29 is 9.59 Å². The summed E-state index contributed by atoms with van der Waals surface area (Å²) in [4.78, 5) is 25.3. The number of nitrogens with one attached hydrogen (secondary N) is 1. The van der Waals surface area contributed by atoms with Crippen LogP contribution in [0.4, 0.5) is 5.69 Å². The van der Waals surface area contributed by atoms with E-state index in [1.165, 1.54) is 0 Å². The van der Waals surface area contributed by atoms with Crippen LogP contribution in [0.3, 0.4) is 0 Å². The van der Waals surface area contributed by atoms with E-state index in [1.807, 2.05) is 37.3 Å². The Morgan fingerprint density at radius 3 is 2.18 bits per heavy atom. The van der Waals surface area contributed by atoms with Crippen molar-refractivity contribution in [2.24, 2.45) is 0 Å². The molecule has 0 saturated carbocycles. The van der Waals surface area contributed by atoms with Crippen molar-refractivity contribution in [3.05, 3.63) is 99.0 Å². The first-order chi connectivity index (χ1) is 13.4. The molecule has 1 unspecified atom stereocenters. The fourth-order valence-electron chi connectivity index (χ4n) is 3.69. The monoisotopic (exact) mass is 409 g/mol. The van der Waals surface area contributed by atoms with Crippen molar-refractivity contribution in [1.82, 2.24) is 0 Å². The fraction of sp³-hybridized carbons (Fsp3) is 0.130. The van der Waals surface area contributed by atoms with E-state index in [0.717, 1.165) is 11.1 Å². The van der Waals surface area contributed by atoms with Crippen LogP contribution >= 0.6 is 23.2 Å². The summed E-state index contributed by atoms with van der Waals surface area (Å²) in [7, 11) is 0. The molecule has 1 aliphatic heterocycles. The first-order valence-corrected chi connectivity index (χ1v) is 9.64. The predicted molar refractivity (Wildman–Crippen MR) is 112 cm³/mol. The van der Waals surface area contributed by atoms with Crippen LogP contribution in [0.1, 0.15) is 34.0 Å². The number of amides is 1. The highest BCUT2D eigenvalue weighted by atomic mass is 35.5. The Morgan fingerprint density at radius 1 is 0.893 bits per heavy atom. The second-order valence-corrected chi connectivity index (χ2v) is 7.95. The lowest BCUT2D eigenvalue weighted by atomic mass is 9.78. The van der Waals surface area contributed by atoms with Crippen LogP contribution in [0, 0.1) is 0 Å². The summed E-state index contributed by atoms with van der Waals surface area (Å²) >= 11 is 12.6. The van der Waals surface area contributed by atoms with Crippen molar-refractivity contribution in [2.45, 2.75) is 18.8 Å². The molecule has 0 spiro atoms. The minimum atomic E-state index is -0.831. The molecule has 28 heavy (non-hydrogen) atoms. The molecule has 0 radical (unpaired) electrons. The van der Waals surface area contributed by atoms with Gasteiger partial charge in [-0.15, -0.1) is 0 Å². The third-order valence-corrected chi connectivity index (χ3v) is 5.83. The molecule has 3 aromatic carbocycles. The van der Waals surface area contributed by atoms with Gasteiger partial charge in [-0.1, -0.05) is 77.8 Å². The standard InChI is InChI=1S/C23H17Cl2NO2/c1-23(19-17(24)11-12-18(25)20(19)26-22(23)28)13-14-7-9-16(10-8-14)21(27)15-5-3-2-4-6-15/h2-12H,13H2,1H3,(H,26,28). The Hall–Kier alpha value is -2.62. The van der Waals surface area contributed by atoms with Gasteiger partial charge in [0.15, 0.2) is 5.78 Å². The predicted octanol–water partition coefficient (Wildman–Crippen LogP) is 5.68. The molecular weight excluding hydrogens is 393 g/mol. The van der Waals surface area contributed by atoms with E-state index < -0.39 is 5.41 Å². The molecule has 3 aromatic rings. The van der Waals surface area contributed by atoms with Crippen LogP contribution in [0.25, 0.3) is 0 Å². The zero-order chi connectivity index (χ0) is 19.9. The molecule has 0 aromatic heterocycles. The van der Waals surface area contributed by atoms with Crippen LogP contribution in [-0.4, -0.2) is 11.7 Å². The van der Waals surface area contributed by atoms with Gasteiger partial charge >= 0.3 is 0 Å². The summed E-state index contributed by atoms with van der Waals surface area (Å²) in [5.74, 6) is -0.168. The number of carbonyl (C=O) groups is 2. The molecule has 140 valence electrons. The number of carbonyl (C=O) groups excluding carboxylic acids is 2. The van der Waals surface area contributed by atoms with Gasteiger partial charge in [-0.3, -0.25) is 9.59 Å². The van der Waals surface area contributed by atoms with E-state index >= 15 is 0 Å². The summed E-state index contributed by atoms with van der Waals surface area (Å²) in [5, 5.41) is 3.84. The number of hydrogen-bond acceptors (Lipinski definition) is 2. The summed E-state index contributed by atoms with van der Waals surface area (Å²) in [6, 6.07) is 19.9. The topological polar surface area (TPSA) is 46.2 Å². The van der Waals surface area contributed by atoms with Crippen molar-refractivity contribution in [3.8, 4) is 0 Å². The zero-order valence-electron chi connectivity index (χ0n) is 15.1. The Bertz CT molecular complexity index is 1080. The molecule has 0 fully saturated rings. The maximum Gasteiger partial charge on any atom is 0.235 e.